The Morgan fingerprint density at radius 3 is 1.97 bits per heavy atom. The van der Waals surface area contributed by atoms with Crippen molar-refractivity contribution in [2.24, 2.45) is 5.73 Å². The molecule has 2 aromatic carbocycles. The van der Waals surface area contributed by atoms with Crippen molar-refractivity contribution < 1.29 is 38.4 Å². The molecule has 0 fully saturated rings. The van der Waals surface area contributed by atoms with Gasteiger partial charge in [-0.25, -0.2) is 4.79 Å². The third-order valence-corrected chi connectivity index (χ3v) is 4.85. The van der Waals surface area contributed by atoms with E-state index in [0.29, 0.717) is 59.2 Å². The zero-order valence-corrected chi connectivity index (χ0v) is 20.4. The topological polar surface area (TPSA) is 139 Å². The second kappa shape index (κ2) is 18.3. The lowest BCUT2D eigenvalue weighted by Gasteiger charge is -2.13. The number of carboxylic acids is 1. The van der Waals surface area contributed by atoms with Crippen LogP contribution in [0.5, 0.6) is 5.75 Å². The van der Waals surface area contributed by atoms with E-state index in [1.54, 1.807) is 0 Å². The molecule has 0 aliphatic carbocycles. The number of carbonyl (C=O) groups excluding carboxylic acids is 1. The number of hydrogen-bond acceptors (Lipinski definition) is 8. The normalized spacial score (nSPS) is 11.7. The van der Waals surface area contributed by atoms with Gasteiger partial charge in [-0.15, -0.1) is 0 Å². The number of amides is 1. The average Bonchev–Trinajstić information content (AvgIpc) is 2.88. The van der Waals surface area contributed by atoms with Crippen LogP contribution in [0.1, 0.15) is 11.1 Å². The zero-order chi connectivity index (χ0) is 25.8. The largest absolute Gasteiger partial charge is 0.489 e. The van der Waals surface area contributed by atoms with Crippen LogP contribution in [0.15, 0.2) is 54.6 Å². The number of ether oxygens (including phenoxy) is 5. The number of aliphatic carboxylic acids is 1. The van der Waals surface area contributed by atoms with Gasteiger partial charge in [0, 0.05) is 6.54 Å². The molecule has 0 aliphatic rings. The third kappa shape index (κ3) is 13.8. The Kier molecular flexibility index (Phi) is 14.8. The lowest BCUT2D eigenvalue weighted by atomic mass is 10.1. The van der Waals surface area contributed by atoms with Crippen LogP contribution in [0, 0.1) is 0 Å². The fourth-order valence-corrected chi connectivity index (χ4v) is 3.01. The van der Waals surface area contributed by atoms with E-state index in [1.807, 2.05) is 54.6 Å². The SMILES string of the molecule is N[C@@H](Cc1ccc(OCc2ccccc2)cc1)C(=O)NCCOCCOCCOCCOCC(=O)O. The minimum absolute atomic E-state index is 0.223. The van der Waals surface area contributed by atoms with E-state index >= 15 is 0 Å². The highest BCUT2D eigenvalue weighted by molar-refractivity contribution is 5.81. The number of carboxylic acid groups (broad SMARTS) is 1. The molecular formula is C26H36N2O8. The van der Waals surface area contributed by atoms with E-state index in [-0.39, 0.29) is 19.1 Å². The van der Waals surface area contributed by atoms with Crippen molar-refractivity contribution in [1.29, 1.82) is 0 Å². The van der Waals surface area contributed by atoms with Crippen molar-refractivity contribution in [3.8, 4) is 5.75 Å². The number of nitrogens with two attached hydrogens (primary N) is 1. The van der Waals surface area contributed by atoms with Crippen molar-refractivity contribution in [1.82, 2.24) is 5.32 Å². The Balaban J connectivity index is 1.45. The maximum atomic E-state index is 12.2. The first kappa shape index (κ1) is 29.2. The van der Waals surface area contributed by atoms with Crippen molar-refractivity contribution in [3.63, 3.8) is 0 Å². The molecule has 0 radical (unpaired) electrons. The standard InChI is InChI=1S/C26H36N2O8/c27-24(18-21-6-8-23(9-7-21)36-19-22-4-2-1-3-5-22)26(31)28-10-11-32-12-13-33-14-15-34-16-17-35-20-25(29)30/h1-9,24H,10-20,27H2,(H,28,31)(H,29,30)/t24-/m0/s1. The van der Waals surface area contributed by atoms with E-state index < -0.39 is 12.0 Å². The molecule has 36 heavy (non-hydrogen) atoms. The van der Waals surface area contributed by atoms with Crippen LogP contribution in [-0.4, -0.2) is 82.4 Å². The molecule has 0 spiro atoms. The van der Waals surface area contributed by atoms with Gasteiger partial charge in [0.25, 0.3) is 0 Å². The van der Waals surface area contributed by atoms with E-state index in [0.717, 1.165) is 16.9 Å². The Morgan fingerprint density at radius 1 is 0.778 bits per heavy atom. The van der Waals surface area contributed by atoms with Gasteiger partial charge in [-0.1, -0.05) is 42.5 Å². The molecule has 0 heterocycles. The second-order valence-corrected chi connectivity index (χ2v) is 7.80. The zero-order valence-electron chi connectivity index (χ0n) is 20.4. The van der Waals surface area contributed by atoms with Gasteiger partial charge in [0.1, 0.15) is 19.0 Å². The van der Waals surface area contributed by atoms with Gasteiger partial charge in [0.2, 0.25) is 5.91 Å². The maximum Gasteiger partial charge on any atom is 0.329 e. The smallest absolute Gasteiger partial charge is 0.329 e. The summed E-state index contributed by atoms with van der Waals surface area (Å²) in [6.07, 6.45) is 0.424. The summed E-state index contributed by atoms with van der Waals surface area (Å²) in [6.45, 7) is 2.98. The monoisotopic (exact) mass is 504 g/mol. The molecule has 0 saturated heterocycles. The molecule has 2 rings (SSSR count). The summed E-state index contributed by atoms with van der Waals surface area (Å²) in [5.74, 6) is -0.478. The second-order valence-electron chi connectivity index (χ2n) is 7.80. The summed E-state index contributed by atoms with van der Waals surface area (Å²) in [5, 5.41) is 11.2. The quantitative estimate of drug-likeness (QED) is 0.228. The van der Waals surface area contributed by atoms with Gasteiger partial charge in [-0.05, 0) is 29.7 Å². The minimum atomic E-state index is -1.01. The number of benzene rings is 2. The van der Waals surface area contributed by atoms with E-state index in [4.69, 9.17) is 34.5 Å². The summed E-state index contributed by atoms with van der Waals surface area (Å²) < 4.78 is 26.6. The molecule has 198 valence electrons. The Bertz CT molecular complexity index is 864. The predicted molar refractivity (Wildman–Crippen MR) is 133 cm³/mol. The first-order chi connectivity index (χ1) is 17.5. The summed E-state index contributed by atoms with van der Waals surface area (Å²) in [7, 11) is 0. The molecular weight excluding hydrogens is 468 g/mol. The van der Waals surface area contributed by atoms with Gasteiger partial charge in [0.15, 0.2) is 0 Å². The summed E-state index contributed by atoms with van der Waals surface area (Å²) in [6, 6.07) is 16.9. The molecule has 10 nitrogen and oxygen atoms in total. The highest BCUT2D eigenvalue weighted by atomic mass is 16.6. The Labute approximate surface area is 211 Å². The minimum Gasteiger partial charge on any atom is -0.489 e. The molecule has 1 atom stereocenters. The first-order valence-electron chi connectivity index (χ1n) is 11.9. The number of rotatable bonds is 20. The molecule has 0 saturated carbocycles. The fourth-order valence-electron chi connectivity index (χ4n) is 3.01. The molecule has 0 bridgehead atoms. The van der Waals surface area contributed by atoms with Gasteiger partial charge < -0.3 is 39.8 Å². The number of hydrogen-bond donors (Lipinski definition) is 3. The van der Waals surface area contributed by atoms with Crippen molar-refractivity contribution in [2.45, 2.75) is 19.1 Å². The van der Waals surface area contributed by atoms with Crippen LogP contribution < -0.4 is 15.8 Å². The summed E-state index contributed by atoms with van der Waals surface area (Å²) >= 11 is 0. The average molecular weight is 505 g/mol. The number of nitrogens with one attached hydrogen (secondary N) is 1. The first-order valence-corrected chi connectivity index (χ1v) is 11.9. The van der Waals surface area contributed by atoms with Crippen LogP contribution in [-0.2, 0) is 41.6 Å². The molecule has 10 heteroatoms. The molecule has 0 unspecified atom stereocenters. The van der Waals surface area contributed by atoms with Crippen molar-refractivity contribution in [3.05, 3.63) is 65.7 Å². The summed E-state index contributed by atoms with van der Waals surface area (Å²) in [4.78, 5) is 22.5. The highest BCUT2D eigenvalue weighted by Gasteiger charge is 2.13. The van der Waals surface area contributed by atoms with Gasteiger partial charge in [0.05, 0.1) is 52.3 Å². The van der Waals surface area contributed by atoms with Crippen LogP contribution in [0.3, 0.4) is 0 Å². The van der Waals surface area contributed by atoms with Crippen molar-refractivity contribution >= 4 is 11.9 Å². The van der Waals surface area contributed by atoms with E-state index in [1.165, 1.54) is 0 Å². The summed E-state index contributed by atoms with van der Waals surface area (Å²) in [5.41, 5.74) is 8.08. The lowest BCUT2D eigenvalue weighted by molar-refractivity contribution is -0.142. The Morgan fingerprint density at radius 2 is 1.36 bits per heavy atom. The highest BCUT2D eigenvalue weighted by Crippen LogP contribution is 2.15. The predicted octanol–water partition coefficient (Wildman–Crippen LogP) is 1.40. The van der Waals surface area contributed by atoms with Crippen LogP contribution >= 0.6 is 0 Å². The number of carbonyl (C=O) groups is 2. The van der Waals surface area contributed by atoms with Gasteiger partial charge in [-0.2, -0.15) is 0 Å². The molecule has 2 aromatic rings. The van der Waals surface area contributed by atoms with E-state index in [2.05, 4.69) is 5.32 Å². The van der Waals surface area contributed by atoms with Gasteiger partial charge >= 0.3 is 5.97 Å². The molecule has 4 N–H and O–H groups in total. The lowest BCUT2D eigenvalue weighted by Crippen LogP contribution is -2.43. The molecule has 1 amide bonds. The maximum absolute atomic E-state index is 12.2. The van der Waals surface area contributed by atoms with Crippen LogP contribution in [0.2, 0.25) is 0 Å². The van der Waals surface area contributed by atoms with E-state index in [9.17, 15) is 9.59 Å². The fraction of sp³-hybridized carbons (Fsp3) is 0.462. The van der Waals surface area contributed by atoms with Crippen molar-refractivity contribution in [2.75, 3.05) is 59.4 Å². The third-order valence-electron chi connectivity index (χ3n) is 4.85. The Hall–Kier alpha value is -3.02. The molecule has 0 aliphatic heterocycles. The molecule has 0 aromatic heterocycles. The van der Waals surface area contributed by atoms with Crippen LogP contribution in [0.25, 0.3) is 0 Å². The van der Waals surface area contributed by atoms with Gasteiger partial charge in [-0.3, -0.25) is 4.79 Å². The van der Waals surface area contributed by atoms with Crippen LogP contribution in [0.4, 0.5) is 0 Å².